The number of nitrogens with zero attached hydrogens (tertiary/aromatic N) is 3. The van der Waals surface area contributed by atoms with Gasteiger partial charge < -0.3 is 21.5 Å². The van der Waals surface area contributed by atoms with Gasteiger partial charge in [-0.25, -0.2) is 23.1 Å². The minimum atomic E-state index is -3.82. The van der Waals surface area contributed by atoms with Gasteiger partial charge in [-0.3, -0.25) is 0 Å². The lowest BCUT2D eigenvalue weighted by atomic mass is 10.0. The maximum atomic E-state index is 12.6. The van der Waals surface area contributed by atoms with E-state index < -0.39 is 22.0 Å². The summed E-state index contributed by atoms with van der Waals surface area (Å²) in [6.07, 6.45) is 0. The summed E-state index contributed by atoms with van der Waals surface area (Å²) in [5.74, 6) is -1.14. The van der Waals surface area contributed by atoms with Gasteiger partial charge in [-0.1, -0.05) is 24.3 Å². The topological polar surface area (TPSA) is 195 Å². The van der Waals surface area contributed by atoms with Crippen molar-refractivity contribution in [3.05, 3.63) is 78.4 Å². The maximum Gasteiger partial charge on any atom is 0.349 e. The normalized spacial score (nSPS) is 11.1. The largest absolute Gasteiger partial charge is 0.478 e. The molecule has 0 bridgehead atoms. The van der Waals surface area contributed by atoms with Crippen molar-refractivity contribution in [2.75, 3.05) is 16.4 Å². The number of carboxylic acids is 1. The van der Waals surface area contributed by atoms with Crippen molar-refractivity contribution < 1.29 is 23.1 Å². The van der Waals surface area contributed by atoms with Crippen LogP contribution in [0.25, 0.3) is 11.1 Å². The van der Waals surface area contributed by atoms with Crippen molar-refractivity contribution in [1.29, 1.82) is 0 Å². The van der Waals surface area contributed by atoms with Crippen LogP contribution in [0.2, 0.25) is 0 Å². The van der Waals surface area contributed by atoms with Crippen LogP contribution >= 0.6 is 0 Å². The molecule has 0 spiro atoms. The molecule has 3 aromatic carbocycles. The predicted molar refractivity (Wildman–Crippen MR) is 129 cm³/mol. The number of hydrogen-bond acceptors (Lipinski definition) is 8. The standard InChI is InChI=1S/C22H19N7O5S/c23-20-27-21(25-16-9-11-18(12-10-16)35(24,33)34)28-29(20)22(32)26-17-7-5-14(6-8-17)13-1-3-15(4-2-13)19(30)31/h1-12H,(H,26,32)(H,30,31)(H2,24,33,34)(H3,23,25,27,28). The Labute approximate surface area is 199 Å². The lowest BCUT2D eigenvalue weighted by molar-refractivity contribution is 0.0697. The Balaban J connectivity index is 1.43. The zero-order chi connectivity index (χ0) is 25.2. The molecule has 1 aromatic heterocycles. The number of benzene rings is 3. The Morgan fingerprint density at radius 3 is 1.94 bits per heavy atom. The molecule has 0 saturated carbocycles. The second kappa shape index (κ2) is 9.24. The average Bonchev–Trinajstić information content (AvgIpc) is 3.19. The van der Waals surface area contributed by atoms with Crippen LogP contribution in [0.3, 0.4) is 0 Å². The molecule has 4 aromatic rings. The Morgan fingerprint density at radius 2 is 1.40 bits per heavy atom. The van der Waals surface area contributed by atoms with E-state index in [1.165, 1.54) is 36.4 Å². The zero-order valence-electron chi connectivity index (χ0n) is 17.9. The molecule has 4 rings (SSSR count). The molecular formula is C22H19N7O5S. The predicted octanol–water partition coefficient (Wildman–Crippen LogP) is 2.70. The Kier molecular flexibility index (Phi) is 6.18. The van der Waals surface area contributed by atoms with E-state index in [2.05, 4.69) is 20.7 Å². The fourth-order valence-electron chi connectivity index (χ4n) is 3.11. The Hall–Kier alpha value is -4.75. The number of aromatic carboxylic acids is 1. The Morgan fingerprint density at radius 1 is 0.857 bits per heavy atom. The third-order valence-electron chi connectivity index (χ3n) is 4.86. The lowest BCUT2D eigenvalue weighted by Crippen LogP contribution is -2.22. The third-order valence-corrected chi connectivity index (χ3v) is 5.79. The van der Waals surface area contributed by atoms with E-state index in [0.717, 1.165) is 15.8 Å². The number of hydrogen-bond donors (Lipinski definition) is 5. The molecule has 0 aliphatic heterocycles. The summed E-state index contributed by atoms with van der Waals surface area (Å²) < 4.78 is 23.6. The molecule has 1 heterocycles. The number of primary sulfonamides is 1. The molecule has 0 aliphatic carbocycles. The second-order valence-corrected chi connectivity index (χ2v) is 8.85. The lowest BCUT2D eigenvalue weighted by Gasteiger charge is -2.07. The molecule has 0 saturated heterocycles. The summed E-state index contributed by atoms with van der Waals surface area (Å²) >= 11 is 0. The molecule has 178 valence electrons. The van der Waals surface area contributed by atoms with E-state index in [9.17, 15) is 18.0 Å². The number of nitrogen functional groups attached to an aromatic ring is 1. The smallest absolute Gasteiger partial charge is 0.349 e. The molecule has 0 unspecified atom stereocenters. The van der Waals surface area contributed by atoms with Crippen LogP contribution in [0, 0.1) is 0 Å². The number of carboxylic acid groups (broad SMARTS) is 1. The number of sulfonamides is 1. The number of nitrogens with one attached hydrogen (secondary N) is 2. The molecule has 13 heteroatoms. The van der Waals surface area contributed by atoms with Gasteiger partial charge in [-0.15, -0.1) is 9.78 Å². The van der Waals surface area contributed by atoms with Crippen LogP contribution in [-0.2, 0) is 10.0 Å². The molecule has 0 aliphatic rings. The van der Waals surface area contributed by atoms with Crippen LogP contribution in [0.15, 0.2) is 77.7 Å². The van der Waals surface area contributed by atoms with Gasteiger partial charge >= 0.3 is 12.0 Å². The summed E-state index contributed by atoms with van der Waals surface area (Å²) in [5.41, 5.74) is 8.60. The van der Waals surface area contributed by atoms with Gasteiger partial charge in [0, 0.05) is 11.4 Å². The highest BCUT2D eigenvalue weighted by molar-refractivity contribution is 7.89. The van der Waals surface area contributed by atoms with Gasteiger partial charge in [0.25, 0.3) is 0 Å². The van der Waals surface area contributed by atoms with Crippen molar-refractivity contribution in [3.63, 3.8) is 0 Å². The van der Waals surface area contributed by atoms with Crippen LogP contribution in [-0.4, -0.2) is 40.3 Å². The quantitative estimate of drug-likeness (QED) is 0.268. The molecular weight excluding hydrogens is 474 g/mol. The minimum absolute atomic E-state index is 0.0289. The summed E-state index contributed by atoms with van der Waals surface area (Å²) in [5, 5.41) is 23.6. The average molecular weight is 494 g/mol. The molecule has 1 amide bonds. The fourth-order valence-corrected chi connectivity index (χ4v) is 3.63. The fraction of sp³-hybridized carbons (Fsp3) is 0. The van der Waals surface area contributed by atoms with Crippen LogP contribution in [0.1, 0.15) is 10.4 Å². The van der Waals surface area contributed by atoms with E-state index in [-0.39, 0.29) is 22.4 Å². The SMILES string of the molecule is Nc1nc(Nc2ccc(S(N)(=O)=O)cc2)nn1C(=O)Nc1ccc(-c2ccc(C(=O)O)cc2)cc1. The highest BCUT2D eigenvalue weighted by atomic mass is 32.2. The van der Waals surface area contributed by atoms with Gasteiger partial charge in [0.1, 0.15) is 0 Å². The number of carbonyl (C=O) groups is 2. The van der Waals surface area contributed by atoms with Gasteiger partial charge in [0.2, 0.25) is 21.9 Å². The number of amides is 1. The molecule has 0 radical (unpaired) electrons. The monoisotopic (exact) mass is 493 g/mol. The number of carbonyl (C=O) groups excluding carboxylic acids is 1. The number of nitrogens with two attached hydrogens (primary N) is 2. The first-order chi connectivity index (χ1) is 16.6. The molecule has 0 atom stereocenters. The van der Waals surface area contributed by atoms with Gasteiger partial charge in [-0.2, -0.15) is 4.98 Å². The van der Waals surface area contributed by atoms with Crippen LogP contribution in [0.5, 0.6) is 0 Å². The summed E-state index contributed by atoms with van der Waals surface area (Å²) in [4.78, 5) is 27.5. The van der Waals surface area contributed by atoms with E-state index in [1.54, 1.807) is 36.4 Å². The van der Waals surface area contributed by atoms with Crippen molar-refractivity contribution in [2.24, 2.45) is 5.14 Å². The van der Waals surface area contributed by atoms with Crippen molar-refractivity contribution in [3.8, 4) is 11.1 Å². The molecule has 12 nitrogen and oxygen atoms in total. The van der Waals surface area contributed by atoms with E-state index >= 15 is 0 Å². The second-order valence-electron chi connectivity index (χ2n) is 7.29. The number of anilines is 4. The molecule has 35 heavy (non-hydrogen) atoms. The number of aromatic nitrogens is 3. The first-order valence-corrected chi connectivity index (χ1v) is 11.5. The first-order valence-electron chi connectivity index (χ1n) is 9.98. The third kappa shape index (κ3) is 5.43. The van der Waals surface area contributed by atoms with E-state index in [0.29, 0.717) is 11.4 Å². The van der Waals surface area contributed by atoms with E-state index in [4.69, 9.17) is 16.0 Å². The summed E-state index contributed by atoms with van der Waals surface area (Å²) in [6.45, 7) is 0. The van der Waals surface area contributed by atoms with Crippen molar-refractivity contribution >= 4 is 45.3 Å². The zero-order valence-corrected chi connectivity index (χ0v) is 18.7. The van der Waals surface area contributed by atoms with Crippen molar-refractivity contribution in [2.45, 2.75) is 4.90 Å². The van der Waals surface area contributed by atoms with Crippen LogP contribution in [0.4, 0.5) is 28.1 Å². The highest BCUT2D eigenvalue weighted by Gasteiger charge is 2.15. The Bertz CT molecular complexity index is 1500. The van der Waals surface area contributed by atoms with Crippen molar-refractivity contribution in [1.82, 2.24) is 14.8 Å². The summed E-state index contributed by atoms with van der Waals surface area (Å²) in [7, 11) is -3.82. The molecule has 0 fully saturated rings. The van der Waals surface area contributed by atoms with Crippen LogP contribution < -0.4 is 21.5 Å². The van der Waals surface area contributed by atoms with Gasteiger partial charge in [-0.05, 0) is 59.7 Å². The highest BCUT2D eigenvalue weighted by Crippen LogP contribution is 2.22. The first kappa shape index (κ1) is 23.4. The summed E-state index contributed by atoms with van der Waals surface area (Å²) in [6, 6.07) is 18.2. The van der Waals surface area contributed by atoms with Gasteiger partial charge in [0.05, 0.1) is 10.5 Å². The van der Waals surface area contributed by atoms with Gasteiger partial charge in [0.15, 0.2) is 0 Å². The minimum Gasteiger partial charge on any atom is -0.478 e. The molecule has 7 N–H and O–H groups in total. The van der Waals surface area contributed by atoms with E-state index in [1.807, 2.05) is 0 Å². The maximum absolute atomic E-state index is 12.6. The number of rotatable bonds is 6.